The number of hydrogen-bond acceptors (Lipinski definition) is 2. The summed E-state index contributed by atoms with van der Waals surface area (Å²) in [4.78, 5) is 25.9. The van der Waals surface area contributed by atoms with Gasteiger partial charge in [-0.05, 0) is 45.2 Å². The van der Waals surface area contributed by atoms with Crippen molar-refractivity contribution in [3.63, 3.8) is 0 Å². The van der Waals surface area contributed by atoms with Gasteiger partial charge in [-0.25, -0.2) is 4.79 Å². The van der Waals surface area contributed by atoms with Gasteiger partial charge in [0.15, 0.2) is 0 Å². The van der Waals surface area contributed by atoms with Crippen LogP contribution in [0.5, 0.6) is 0 Å². The Morgan fingerprint density at radius 2 is 1.88 bits per heavy atom. The summed E-state index contributed by atoms with van der Waals surface area (Å²) in [5.74, 6) is -1.10. The number of carbonyl (C=O) groups is 2. The van der Waals surface area contributed by atoms with Crippen molar-refractivity contribution in [2.45, 2.75) is 45.7 Å². The Hall–Kier alpha value is -2.56. The van der Waals surface area contributed by atoms with E-state index in [0.717, 1.165) is 17.8 Å². The Kier molecular flexibility index (Phi) is 4.66. The molecule has 1 aromatic carbocycles. The van der Waals surface area contributed by atoms with Crippen LogP contribution >= 0.6 is 0 Å². The van der Waals surface area contributed by atoms with Crippen molar-refractivity contribution in [2.75, 3.05) is 6.54 Å². The van der Waals surface area contributed by atoms with Crippen LogP contribution in [0.4, 0.5) is 0 Å². The van der Waals surface area contributed by atoms with Crippen LogP contribution < -0.4 is 0 Å². The number of nitrogens with zero attached hydrogens (tertiary/aromatic N) is 2. The molecule has 1 amide bonds. The van der Waals surface area contributed by atoms with E-state index in [2.05, 4.69) is 23.6 Å². The van der Waals surface area contributed by atoms with Gasteiger partial charge < -0.3 is 14.6 Å². The van der Waals surface area contributed by atoms with Crippen LogP contribution in [0.2, 0.25) is 0 Å². The summed E-state index contributed by atoms with van der Waals surface area (Å²) < 4.78 is 2.15. The largest absolute Gasteiger partial charge is 0.480 e. The van der Waals surface area contributed by atoms with E-state index in [1.54, 1.807) is 0 Å². The lowest BCUT2D eigenvalue weighted by atomic mass is 10.1. The fourth-order valence-corrected chi connectivity index (χ4v) is 3.89. The van der Waals surface area contributed by atoms with E-state index >= 15 is 0 Å². The molecule has 5 heteroatoms. The summed E-state index contributed by atoms with van der Waals surface area (Å²) in [6.07, 6.45) is 1.27. The average molecular weight is 340 g/mol. The summed E-state index contributed by atoms with van der Waals surface area (Å²) >= 11 is 0. The number of amides is 1. The van der Waals surface area contributed by atoms with Crippen LogP contribution in [0.15, 0.2) is 36.4 Å². The Balaban J connectivity index is 1.94. The third kappa shape index (κ3) is 3.06. The highest BCUT2D eigenvalue weighted by molar-refractivity contribution is 5.98. The van der Waals surface area contributed by atoms with Crippen LogP contribution in [0.1, 0.15) is 53.1 Å². The van der Waals surface area contributed by atoms with E-state index in [-0.39, 0.29) is 11.9 Å². The lowest BCUT2D eigenvalue weighted by Crippen LogP contribution is -2.40. The first-order chi connectivity index (χ1) is 11.9. The van der Waals surface area contributed by atoms with Crippen molar-refractivity contribution in [3.8, 4) is 0 Å². The van der Waals surface area contributed by atoms with E-state index in [4.69, 9.17) is 0 Å². The van der Waals surface area contributed by atoms with Crippen LogP contribution in [0, 0.1) is 13.8 Å². The molecule has 1 saturated heterocycles. The minimum atomic E-state index is -0.919. The van der Waals surface area contributed by atoms with Gasteiger partial charge in [-0.2, -0.15) is 0 Å². The number of benzene rings is 1. The number of carbonyl (C=O) groups excluding carboxylic acids is 1. The van der Waals surface area contributed by atoms with Crippen molar-refractivity contribution >= 4 is 11.9 Å². The maximum atomic E-state index is 13.0. The fourth-order valence-electron chi connectivity index (χ4n) is 3.89. The summed E-state index contributed by atoms with van der Waals surface area (Å²) in [7, 11) is 0. The number of aryl methyl sites for hydroxylation is 1. The molecule has 0 bridgehead atoms. The molecule has 132 valence electrons. The summed E-state index contributed by atoms with van der Waals surface area (Å²) in [5.41, 5.74) is 3.67. The van der Waals surface area contributed by atoms with Gasteiger partial charge >= 0.3 is 5.97 Å². The summed E-state index contributed by atoms with van der Waals surface area (Å²) in [5, 5.41) is 9.35. The first-order valence-electron chi connectivity index (χ1n) is 8.69. The topological polar surface area (TPSA) is 62.5 Å². The number of likely N-dealkylation sites (tertiary alicyclic amines) is 1. The van der Waals surface area contributed by atoms with Crippen LogP contribution in [-0.2, 0) is 4.79 Å². The highest BCUT2D eigenvalue weighted by Crippen LogP contribution is 2.28. The van der Waals surface area contributed by atoms with Crippen molar-refractivity contribution in [3.05, 3.63) is 58.9 Å². The second kappa shape index (κ2) is 6.75. The lowest BCUT2D eigenvalue weighted by molar-refractivity contribution is -0.141. The molecule has 0 radical (unpaired) electrons. The molecule has 1 aliphatic rings. The van der Waals surface area contributed by atoms with Crippen molar-refractivity contribution in [1.82, 2.24) is 9.47 Å². The predicted molar refractivity (Wildman–Crippen MR) is 95.9 cm³/mol. The summed E-state index contributed by atoms with van der Waals surface area (Å²) in [6, 6.07) is 11.4. The van der Waals surface area contributed by atoms with Gasteiger partial charge in [-0.3, -0.25) is 4.79 Å². The lowest BCUT2D eigenvalue weighted by Gasteiger charge is -2.22. The molecule has 1 aliphatic heterocycles. The SMILES string of the molecule is Cc1cc(C(=O)N2CCC[C@H]2C(=O)O)c(C)n1C(C)c1ccccc1. The molecule has 1 aromatic heterocycles. The highest BCUT2D eigenvalue weighted by atomic mass is 16.4. The summed E-state index contributed by atoms with van der Waals surface area (Å²) in [6.45, 7) is 6.54. The Morgan fingerprint density at radius 1 is 1.20 bits per heavy atom. The number of aromatic nitrogens is 1. The number of rotatable bonds is 4. The van der Waals surface area contributed by atoms with Crippen molar-refractivity contribution < 1.29 is 14.7 Å². The maximum Gasteiger partial charge on any atom is 0.326 e. The first kappa shape index (κ1) is 17.3. The van der Waals surface area contributed by atoms with Gasteiger partial charge in [0, 0.05) is 17.9 Å². The van der Waals surface area contributed by atoms with Crippen molar-refractivity contribution in [2.24, 2.45) is 0 Å². The van der Waals surface area contributed by atoms with Crippen LogP contribution in [0.25, 0.3) is 0 Å². The second-order valence-electron chi connectivity index (χ2n) is 6.74. The van der Waals surface area contributed by atoms with Crippen molar-refractivity contribution in [1.29, 1.82) is 0 Å². The van der Waals surface area contributed by atoms with Gasteiger partial charge in [0.2, 0.25) is 0 Å². The molecule has 2 heterocycles. The van der Waals surface area contributed by atoms with Gasteiger partial charge in [0.25, 0.3) is 5.91 Å². The van der Waals surface area contributed by atoms with Gasteiger partial charge in [0.05, 0.1) is 11.6 Å². The van der Waals surface area contributed by atoms with Crippen LogP contribution in [0.3, 0.4) is 0 Å². The standard InChI is InChI=1S/C20H24N2O3/c1-13-12-17(19(23)21-11-7-10-18(21)20(24)25)15(3)22(13)14(2)16-8-5-4-6-9-16/h4-6,8-9,12,14,18H,7,10-11H2,1-3H3,(H,24,25)/t14?,18-/m0/s1. The van der Waals surface area contributed by atoms with E-state index in [1.165, 1.54) is 10.5 Å². The quantitative estimate of drug-likeness (QED) is 0.928. The zero-order valence-corrected chi connectivity index (χ0v) is 14.9. The maximum absolute atomic E-state index is 13.0. The van der Waals surface area contributed by atoms with E-state index in [0.29, 0.717) is 18.5 Å². The van der Waals surface area contributed by atoms with Gasteiger partial charge in [0.1, 0.15) is 6.04 Å². The van der Waals surface area contributed by atoms with Crippen LogP contribution in [-0.4, -0.2) is 39.0 Å². The minimum Gasteiger partial charge on any atom is -0.480 e. The van der Waals surface area contributed by atoms with E-state index < -0.39 is 12.0 Å². The number of carboxylic acids is 1. The third-order valence-electron chi connectivity index (χ3n) is 5.18. The molecular formula is C20H24N2O3. The second-order valence-corrected chi connectivity index (χ2v) is 6.74. The molecule has 2 atom stereocenters. The molecule has 1 fully saturated rings. The molecule has 3 rings (SSSR count). The van der Waals surface area contributed by atoms with Gasteiger partial charge in [-0.15, -0.1) is 0 Å². The smallest absolute Gasteiger partial charge is 0.326 e. The molecule has 0 spiro atoms. The molecule has 1 N–H and O–H groups in total. The highest BCUT2D eigenvalue weighted by Gasteiger charge is 2.35. The Labute approximate surface area is 147 Å². The molecule has 0 aliphatic carbocycles. The molecule has 5 nitrogen and oxygen atoms in total. The molecule has 0 saturated carbocycles. The number of aliphatic carboxylic acids is 1. The average Bonchev–Trinajstić information content (AvgIpc) is 3.19. The Bertz CT molecular complexity index is 795. The van der Waals surface area contributed by atoms with Gasteiger partial charge in [-0.1, -0.05) is 30.3 Å². The minimum absolute atomic E-state index is 0.108. The molecule has 2 aromatic rings. The third-order valence-corrected chi connectivity index (χ3v) is 5.18. The zero-order valence-electron chi connectivity index (χ0n) is 14.9. The zero-order chi connectivity index (χ0) is 18.1. The Morgan fingerprint density at radius 3 is 2.52 bits per heavy atom. The molecular weight excluding hydrogens is 316 g/mol. The normalized spacial score (nSPS) is 18.4. The molecule has 25 heavy (non-hydrogen) atoms. The first-order valence-corrected chi connectivity index (χ1v) is 8.69. The number of hydrogen-bond donors (Lipinski definition) is 1. The predicted octanol–water partition coefficient (Wildman–Crippen LogP) is 3.40. The van der Waals surface area contributed by atoms with E-state index in [9.17, 15) is 14.7 Å². The fraction of sp³-hybridized carbons (Fsp3) is 0.400. The number of carboxylic acid groups (broad SMARTS) is 1. The monoisotopic (exact) mass is 340 g/mol. The molecule has 1 unspecified atom stereocenters. The van der Waals surface area contributed by atoms with E-state index in [1.807, 2.05) is 38.1 Å².